The molecule has 9 aromatic carbocycles. The van der Waals surface area contributed by atoms with Crippen LogP contribution in [0.1, 0.15) is 44.5 Å². The van der Waals surface area contributed by atoms with Crippen LogP contribution in [0.4, 0.5) is 34.6 Å². The second-order valence-corrected chi connectivity index (χ2v) is 19.7. The summed E-state index contributed by atoms with van der Waals surface area (Å²) in [5.74, 6) is 2.78. The minimum absolute atomic E-state index is 0.359. The molecule has 0 aliphatic carbocycles. The van der Waals surface area contributed by atoms with E-state index in [1.807, 2.05) is 102 Å². The first-order chi connectivity index (χ1) is 37.0. The van der Waals surface area contributed by atoms with E-state index < -0.39 is 0 Å². The van der Waals surface area contributed by atoms with Crippen LogP contribution < -0.4 is 9.80 Å². The summed E-state index contributed by atoms with van der Waals surface area (Å²) in [6.45, 7) is 17.5. The lowest BCUT2D eigenvalue weighted by Crippen LogP contribution is -2.21. The molecular formula is C68H58N8. The Morgan fingerprint density at radius 2 is 0.513 bits per heavy atom. The summed E-state index contributed by atoms with van der Waals surface area (Å²) in [6, 6.07) is 71.4. The average Bonchev–Trinajstić information content (AvgIpc) is 3.53. The van der Waals surface area contributed by atoms with Crippen LogP contribution in [-0.2, 0) is 0 Å². The molecule has 0 saturated carbocycles. The monoisotopic (exact) mass is 986 g/mol. The highest BCUT2D eigenvalue weighted by Gasteiger charge is 2.29. The Bertz CT molecular complexity index is 3710. The Morgan fingerprint density at radius 1 is 0.250 bits per heavy atom. The van der Waals surface area contributed by atoms with Crippen LogP contribution in [0.5, 0.6) is 0 Å². The van der Waals surface area contributed by atoms with Gasteiger partial charge in [-0.15, -0.1) is 0 Å². The minimum atomic E-state index is 0.359. The van der Waals surface area contributed by atoms with Gasteiger partial charge in [-0.2, -0.15) is 19.9 Å². The molecule has 0 aliphatic rings. The highest BCUT2D eigenvalue weighted by Crippen LogP contribution is 2.46. The lowest BCUT2D eigenvalue weighted by molar-refractivity contribution is 0.957. The second kappa shape index (κ2) is 20.8. The molecule has 11 aromatic rings. The molecule has 11 rings (SSSR count). The largest absolute Gasteiger partial charge is 0.309 e. The van der Waals surface area contributed by atoms with E-state index in [9.17, 15) is 0 Å². The van der Waals surface area contributed by atoms with E-state index in [0.29, 0.717) is 35.2 Å². The van der Waals surface area contributed by atoms with Crippen molar-refractivity contribution in [3.63, 3.8) is 0 Å². The fourth-order valence-electron chi connectivity index (χ4n) is 10.7. The van der Waals surface area contributed by atoms with Crippen molar-refractivity contribution in [1.82, 2.24) is 29.9 Å². The van der Waals surface area contributed by atoms with E-state index in [-0.39, 0.29) is 0 Å². The predicted octanol–water partition coefficient (Wildman–Crippen LogP) is 17.5. The number of hydrogen-bond donors (Lipinski definition) is 0. The number of hydrogen-bond acceptors (Lipinski definition) is 8. The molecule has 0 saturated heterocycles. The van der Waals surface area contributed by atoms with Gasteiger partial charge in [-0.3, -0.25) is 0 Å². The number of nitrogens with zero attached hydrogens (tertiary/aromatic N) is 8. The lowest BCUT2D eigenvalue weighted by Gasteiger charge is -2.33. The first kappa shape index (κ1) is 48.8. The first-order valence-electron chi connectivity index (χ1n) is 25.8. The second-order valence-electron chi connectivity index (χ2n) is 19.7. The molecule has 2 aromatic heterocycles. The van der Waals surface area contributed by atoms with Gasteiger partial charge in [-0.05, 0) is 123 Å². The molecule has 2 heterocycles. The van der Waals surface area contributed by atoms with Crippen molar-refractivity contribution >= 4 is 34.6 Å². The van der Waals surface area contributed by atoms with Gasteiger partial charge in [0.1, 0.15) is 0 Å². The van der Waals surface area contributed by atoms with Crippen LogP contribution in [0.3, 0.4) is 0 Å². The molecule has 0 N–H and O–H groups in total. The molecule has 0 atom stereocenters. The molecule has 0 spiro atoms. The third kappa shape index (κ3) is 9.76. The normalized spacial score (nSPS) is 11.2. The molecule has 370 valence electrons. The van der Waals surface area contributed by atoms with E-state index in [0.717, 1.165) is 78.4 Å². The molecule has 0 amide bonds. The molecule has 76 heavy (non-hydrogen) atoms. The molecule has 0 radical (unpaired) electrons. The quantitative estimate of drug-likeness (QED) is 0.120. The zero-order valence-electron chi connectivity index (χ0n) is 44.2. The lowest BCUT2D eigenvalue weighted by atomic mass is 9.94. The highest BCUT2D eigenvalue weighted by atomic mass is 15.4. The third-order valence-electron chi connectivity index (χ3n) is 13.9. The maximum atomic E-state index is 5.45. The van der Waals surface area contributed by atoms with Crippen LogP contribution in [0.25, 0.3) is 67.8 Å². The zero-order chi connectivity index (χ0) is 52.5. The van der Waals surface area contributed by atoms with Gasteiger partial charge in [-0.25, -0.2) is 14.9 Å². The van der Waals surface area contributed by atoms with E-state index in [1.54, 1.807) is 0 Å². The summed E-state index contributed by atoms with van der Waals surface area (Å²) in [6.07, 6.45) is 0. The fourth-order valence-corrected chi connectivity index (χ4v) is 10.7. The minimum Gasteiger partial charge on any atom is -0.309 e. The highest BCUT2D eigenvalue weighted by molar-refractivity contribution is 5.88. The van der Waals surface area contributed by atoms with Gasteiger partial charge in [0.25, 0.3) is 0 Å². The van der Waals surface area contributed by atoms with Crippen molar-refractivity contribution < 1.29 is 0 Å². The fraction of sp³-hybridized carbons (Fsp3) is 0.118. The number of benzene rings is 9. The maximum absolute atomic E-state index is 5.45. The van der Waals surface area contributed by atoms with Crippen LogP contribution >= 0.6 is 0 Å². The Balaban J connectivity index is 1.15. The van der Waals surface area contributed by atoms with Crippen molar-refractivity contribution in [3.8, 4) is 67.8 Å². The summed E-state index contributed by atoms with van der Waals surface area (Å²) < 4.78 is 0. The maximum Gasteiger partial charge on any atom is 0.241 e. The molecule has 8 nitrogen and oxygen atoms in total. The van der Waals surface area contributed by atoms with Crippen molar-refractivity contribution in [2.24, 2.45) is 0 Å². The SMILES string of the molecule is Cc1cc(C)c(N(c2cc(C)c(N(c3nc(-c4ccccc4)nc(-c4ccccc4)n3)c3nc(-c4ccccc4)nc(-c4ccc(-c5ccccc5-c5ccccc5)cc4)n3)c(C)c2)c2c(C)cc(C)cc2C)c(C)c1. The zero-order valence-corrected chi connectivity index (χ0v) is 44.2. The van der Waals surface area contributed by atoms with Gasteiger partial charge in [0.05, 0.1) is 17.1 Å². The predicted molar refractivity (Wildman–Crippen MR) is 313 cm³/mol. The number of aromatic nitrogens is 6. The Morgan fingerprint density at radius 3 is 0.868 bits per heavy atom. The van der Waals surface area contributed by atoms with Gasteiger partial charge in [0.2, 0.25) is 11.9 Å². The van der Waals surface area contributed by atoms with E-state index in [4.69, 9.17) is 29.9 Å². The molecule has 0 fully saturated rings. The average molecular weight is 987 g/mol. The first-order valence-corrected chi connectivity index (χ1v) is 25.8. The topological polar surface area (TPSA) is 83.8 Å². The summed E-state index contributed by atoms with van der Waals surface area (Å²) in [7, 11) is 0. The molecule has 0 unspecified atom stereocenters. The van der Waals surface area contributed by atoms with Crippen LogP contribution in [0.2, 0.25) is 0 Å². The van der Waals surface area contributed by atoms with Crippen molar-refractivity contribution in [2.75, 3.05) is 9.80 Å². The van der Waals surface area contributed by atoms with E-state index in [2.05, 4.69) is 169 Å². The van der Waals surface area contributed by atoms with Crippen LogP contribution in [0.15, 0.2) is 206 Å². The van der Waals surface area contributed by atoms with E-state index >= 15 is 0 Å². The number of anilines is 6. The number of aryl methyl sites for hydroxylation is 8. The van der Waals surface area contributed by atoms with Crippen molar-refractivity contribution in [2.45, 2.75) is 55.4 Å². The molecule has 0 aliphatic heterocycles. The van der Waals surface area contributed by atoms with Crippen molar-refractivity contribution in [1.29, 1.82) is 0 Å². The van der Waals surface area contributed by atoms with Gasteiger partial charge in [-0.1, -0.05) is 205 Å². The van der Waals surface area contributed by atoms with Gasteiger partial charge in [0, 0.05) is 27.9 Å². The van der Waals surface area contributed by atoms with E-state index in [1.165, 1.54) is 33.4 Å². The smallest absolute Gasteiger partial charge is 0.241 e. The Labute approximate surface area is 446 Å². The summed E-state index contributed by atoms with van der Waals surface area (Å²) in [4.78, 5) is 36.3. The molecular weight excluding hydrogens is 929 g/mol. The van der Waals surface area contributed by atoms with Crippen LogP contribution in [0, 0.1) is 55.4 Å². The Hall–Kier alpha value is -9.40. The Kier molecular flexibility index (Phi) is 13.4. The van der Waals surface area contributed by atoms with Crippen LogP contribution in [-0.4, -0.2) is 29.9 Å². The molecule has 0 bridgehead atoms. The summed E-state index contributed by atoms with van der Waals surface area (Å²) >= 11 is 0. The third-order valence-corrected chi connectivity index (χ3v) is 13.9. The van der Waals surface area contributed by atoms with Crippen molar-refractivity contribution in [3.05, 3.63) is 251 Å². The number of rotatable bonds is 12. The van der Waals surface area contributed by atoms with Gasteiger partial charge in [0.15, 0.2) is 23.3 Å². The summed E-state index contributed by atoms with van der Waals surface area (Å²) in [5, 5.41) is 0. The van der Waals surface area contributed by atoms with Gasteiger partial charge < -0.3 is 4.90 Å². The summed E-state index contributed by atoms with van der Waals surface area (Å²) in [5.41, 5.74) is 21.3. The molecule has 8 heteroatoms. The van der Waals surface area contributed by atoms with Gasteiger partial charge >= 0.3 is 0 Å². The standard InChI is InChI=1S/C68H58N8/c1-43-37-45(3)60(46(4)38-43)75(61-47(5)39-44(2)40-48(61)6)57-41-49(7)62(50(8)42-57)76(67-71-63(53-25-15-10-16-26-53)69-64(72-67)54-27-17-11-18-28-54)68-73-65(55-29-19-12-20-30-55)70-66(74-68)56-35-33-52(34-36-56)59-32-22-21-31-58(59)51-23-13-9-14-24-51/h9-42H,1-8H3.